The van der Waals surface area contributed by atoms with Crippen molar-refractivity contribution in [1.29, 1.82) is 0 Å². The Morgan fingerprint density at radius 3 is 3.06 bits per heavy atom. The van der Waals surface area contributed by atoms with Crippen molar-refractivity contribution in [3.05, 3.63) is 51.4 Å². The Morgan fingerprint density at radius 1 is 1.41 bits per heavy atom. The molecule has 0 aliphatic carbocycles. The summed E-state index contributed by atoms with van der Waals surface area (Å²) in [5.74, 6) is -0.0655. The Bertz CT molecular complexity index is 701. The number of H-pyrrole nitrogens is 1. The zero-order valence-electron chi connectivity index (χ0n) is 8.61. The number of carbonyl (C=O) groups is 1. The molecule has 3 aromatic heterocycles. The summed E-state index contributed by atoms with van der Waals surface area (Å²) in [6.07, 6.45) is 3.36. The fraction of sp³-hybridized carbons (Fsp3) is 0. The molecule has 0 radical (unpaired) electrons. The normalized spacial score (nSPS) is 10.9. The van der Waals surface area contributed by atoms with Crippen molar-refractivity contribution < 1.29 is 4.79 Å². The summed E-state index contributed by atoms with van der Waals surface area (Å²) in [7, 11) is 0. The highest BCUT2D eigenvalue weighted by Gasteiger charge is 2.17. The molecule has 0 aliphatic heterocycles. The van der Waals surface area contributed by atoms with Gasteiger partial charge in [0.1, 0.15) is 5.65 Å². The Labute approximate surface area is 106 Å². The van der Waals surface area contributed by atoms with Crippen molar-refractivity contribution in [3.8, 4) is 0 Å². The van der Waals surface area contributed by atoms with E-state index in [1.807, 2.05) is 17.5 Å². The minimum atomic E-state index is -0.0655. The number of thiophene rings is 1. The first-order valence-corrected chi connectivity index (χ1v) is 6.23. The van der Waals surface area contributed by atoms with E-state index >= 15 is 0 Å². The van der Waals surface area contributed by atoms with Crippen molar-refractivity contribution in [2.75, 3.05) is 0 Å². The quantitative estimate of drug-likeness (QED) is 0.719. The van der Waals surface area contributed by atoms with Crippen LogP contribution in [0.15, 0.2) is 36.0 Å². The van der Waals surface area contributed by atoms with Gasteiger partial charge in [0.05, 0.1) is 15.5 Å². The number of hydrogen-bond donors (Lipinski definition) is 1. The molecule has 0 saturated carbocycles. The van der Waals surface area contributed by atoms with Crippen LogP contribution in [0.2, 0.25) is 5.02 Å². The summed E-state index contributed by atoms with van der Waals surface area (Å²) in [5.41, 5.74) is 1.32. The van der Waals surface area contributed by atoms with Gasteiger partial charge in [0, 0.05) is 17.8 Å². The molecule has 1 N–H and O–H groups in total. The van der Waals surface area contributed by atoms with Crippen molar-refractivity contribution in [2.24, 2.45) is 0 Å². The van der Waals surface area contributed by atoms with Crippen LogP contribution in [0.1, 0.15) is 15.2 Å². The number of rotatable bonds is 2. The lowest BCUT2D eigenvalue weighted by atomic mass is 10.1. The third-order valence-corrected chi connectivity index (χ3v) is 3.86. The maximum Gasteiger partial charge on any atom is 0.206 e. The van der Waals surface area contributed by atoms with E-state index in [9.17, 15) is 4.79 Å². The van der Waals surface area contributed by atoms with E-state index in [1.165, 1.54) is 11.3 Å². The minimum Gasteiger partial charge on any atom is -0.345 e. The Balaban J connectivity index is 2.17. The number of hydrogen-bond acceptors (Lipinski definition) is 3. The fourth-order valence-corrected chi connectivity index (χ4v) is 2.82. The van der Waals surface area contributed by atoms with Crippen molar-refractivity contribution >= 4 is 39.8 Å². The molecule has 0 unspecified atom stereocenters. The molecule has 0 aliphatic rings. The molecule has 5 heteroatoms. The Kier molecular flexibility index (Phi) is 2.46. The van der Waals surface area contributed by atoms with E-state index in [0.717, 1.165) is 5.39 Å². The van der Waals surface area contributed by atoms with Crippen LogP contribution >= 0.6 is 22.9 Å². The molecule has 0 spiro atoms. The van der Waals surface area contributed by atoms with Gasteiger partial charge >= 0.3 is 0 Å². The maximum atomic E-state index is 12.3. The van der Waals surface area contributed by atoms with E-state index in [-0.39, 0.29) is 5.78 Å². The molecule has 3 heterocycles. The second kappa shape index (κ2) is 3.98. The third-order valence-electron chi connectivity index (χ3n) is 2.52. The van der Waals surface area contributed by atoms with E-state index in [0.29, 0.717) is 21.1 Å². The summed E-state index contributed by atoms with van der Waals surface area (Å²) < 4.78 is 0. The summed E-state index contributed by atoms with van der Waals surface area (Å²) >= 11 is 7.32. The number of aromatic nitrogens is 2. The van der Waals surface area contributed by atoms with E-state index in [4.69, 9.17) is 11.6 Å². The van der Waals surface area contributed by atoms with Crippen LogP contribution in [-0.4, -0.2) is 15.8 Å². The topological polar surface area (TPSA) is 45.8 Å². The standard InChI is InChI=1S/C12H7ClN2OS/c13-9-3-5-17-11(9)10(16)8-6-15-12-7(8)2-1-4-14-12/h1-6H,(H,14,15). The average molecular weight is 263 g/mol. The van der Waals surface area contributed by atoms with Crippen molar-refractivity contribution in [2.45, 2.75) is 0 Å². The SMILES string of the molecule is O=C(c1sccc1Cl)c1c[nH]c2ncccc12. The van der Waals surface area contributed by atoms with Crippen LogP contribution in [0, 0.1) is 0 Å². The first-order chi connectivity index (χ1) is 8.27. The van der Waals surface area contributed by atoms with Gasteiger partial charge in [-0.15, -0.1) is 11.3 Å². The molecule has 0 aromatic carbocycles. The van der Waals surface area contributed by atoms with Gasteiger partial charge in [0.2, 0.25) is 5.78 Å². The number of nitrogens with zero attached hydrogens (tertiary/aromatic N) is 1. The molecular formula is C12H7ClN2OS. The molecule has 0 fully saturated rings. The molecule has 3 aromatic rings. The molecule has 0 atom stereocenters. The van der Waals surface area contributed by atoms with Gasteiger partial charge in [-0.1, -0.05) is 11.6 Å². The van der Waals surface area contributed by atoms with Crippen LogP contribution in [-0.2, 0) is 0 Å². The summed E-state index contributed by atoms with van der Waals surface area (Å²) in [6, 6.07) is 5.41. The zero-order chi connectivity index (χ0) is 11.8. The molecule has 0 amide bonds. The van der Waals surface area contributed by atoms with Crippen molar-refractivity contribution in [1.82, 2.24) is 9.97 Å². The first kappa shape index (κ1) is 10.5. The van der Waals surface area contributed by atoms with Crippen LogP contribution in [0.5, 0.6) is 0 Å². The van der Waals surface area contributed by atoms with Crippen LogP contribution in [0.4, 0.5) is 0 Å². The highest BCUT2D eigenvalue weighted by molar-refractivity contribution is 7.13. The van der Waals surface area contributed by atoms with Gasteiger partial charge in [-0.05, 0) is 23.6 Å². The molecule has 17 heavy (non-hydrogen) atoms. The van der Waals surface area contributed by atoms with Crippen LogP contribution in [0.25, 0.3) is 11.0 Å². The molecule has 3 rings (SSSR count). The minimum absolute atomic E-state index is 0.0655. The van der Waals surface area contributed by atoms with Gasteiger partial charge < -0.3 is 4.98 Å². The van der Waals surface area contributed by atoms with Crippen LogP contribution < -0.4 is 0 Å². The average Bonchev–Trinajstić information content (AvgIpc) is 2.94. The molecular weight excluding hydrogens is 256 g/mol. The van der Waals surface area contributed by atoms with Gasteiger partial charge in [-0.25, -0.2) is 4.98 Å². The smallest absolute Gasteiger partial charge is 0.206 e. The molecule has 3 nitrogen and oxygen atoms in total. The number of halogens is 1. The molecule has 0 saturated heterocycles. The van der Waals surface area contributed by atoms with Gasteiger partial charge in [-0.2, -0.15) is 0 Å². The Morgan fingerprint density at radius 2 is 2.29 bits per heavy atom. The number of carbonyl (C=O) groups excluding carboxylic acids is 1. The number of nitrogens with one attached hydrogen (secondary N) is 1. The number of ketones is 1. The van der Waals surface area contributed by atoms with Gasteiger partial charge in [0.25, 0.3) is 0 Å². The van der Waals surface area contributed by atoms with Gasteiger partial charge in [0.15, 0.2) is 0 Å². The monoisotopic (exact) mass is 262 g/mol. The zero-order valence-corrected chi connectivity index (χ0v) is 10.2. The van der Waals surface area contributed by atoms with E-state index < -0.39 is 0 Å². The largest absolute Gasteiger partial charge is 0.345 e. The summed E-state index contributed by atoms with van der Waals surface area (Å²) in [4.78, 5) is 20.0. The summed E-state index contributed by atoms with van der Waals surface area (Å²) in [6.45, 7) is 0. The fourth-order valence-electron chi connectivity index (χ4n) is 1.72. The number of fused-ring (bicyclic) bond motifs is 1. The second-order valence-electron chi connectivity index (χ2n) is 3.53. The second-order valence-corrected chi connectivity index (χ2v) is 4.85. The Hall–Kier alpha value is -1.65. The maximum absolute atomic E-state index is 12.3. The highest BCUT2D eigenvalue weighted by Crippen LogP contribution is 2.27. The van der Waals surface area contributed by atoms with Crippen molar-refractivity contribution in [3.63, 3.8) is 0 Å². The lowest BCUT2D eigenvalue weighted by Gasteiger charge is -1.96. The predicted octanol–water partition coefficient (Wildman–Crippen LogP) is 3.51. The molecule has 0 bridgehead atoms. The lowest BCUT2D eigenvalue weighted by molar-refractivity contribution is 0.104. The van der Waals surface area contributed by atoms with Gasteiger partial charge in [-0.3, -0.25) is 4.79 Å². The van der Waals surface area contributed by atoms with E-state index in [2.05, 4.69) is 9.97 Å². The predicted molar refractivity (Wildman–Crippen MR) is 68.9 cm³/mol. The number of pyridine rings is 1. The number of aromatic amines is 1. The third kappa shape index (κ3) is 1.66. The van der Waals surface area contributed by atoms with E-state index in [1.54, 1.807) is 18.5 Å². The summed E-state index contributed by atoms with van der Waals surface area (Å²) in [5, 5.41) is 3.13. The first-order valence-electron chi connectivity index (χ1n) is 4.97. The highest BCUT2D eigenvalue weighted by atomic mass is 35.5. The van der Waals surface area contributed by atoms with Crippen LogP contribution in [0.3, 0.4) is 0 Å². The molecule has 84 valence electrons. The lowest BCUT2D eigenvalue weighted by Crippen LogP contribution is -1.97.